The van der Waals surface area contributed by atoms with Crippen molar-refractivity contribution < 1.29 is 0 Å². The zero-order valence-corrected chi connectivity index (χ0v) is 12.0. The van der Waals surface area contributed by atoms with E-state index < -0.39 is 0 Å². The highest BCUT2D eigenvalue weighted by Gasteiger charge is 2.14. The minimum absolute atomic E-state index is 0.911. The SMILES string of the molecule is Cn1ccc2c3ncccc3c3nc4ccccc4nc3c21. The number of aromatic nitrogens is 4. The number of pyridine rings is 1. The zero-order chi connectivity index (χ0) is 14.7. The summed E-state index contributed by atoms with van der Waals surface area (Å²) < 4.78 is 2.09. The maximum absolute atomic E-state index is 4.88. The first-order chi connectivity index (χ1) is 10.8. The molecule has 0 fully saturated rings. The van der Waals surface area contributed by atoms with Crippen LogP contribution in [0.1, 0.15) is 0 Å². The van der Waals surface area contributed by atoms with Crippen LogP contribution < -0.4 is 0 Å². The van der Waals surface area contributed by atoms with E-state index in [-0.39, 0.29) is 0 Å². The van der Waals surface area contributed by atoms with E-state index in [1.807, 2.05) is 43.6 Å². The zero-order valence-electron chi connectivity index (χ0n) is 12.0. The Morgan fingerprint density at radius 2 is 1.55 bits per heavy atom. The fourth-order valence-electron chi connectivity index (χ4n) is 3.18. The lowest BCUT2D eigenvalue weighted by atomic mass is 10.1. The van der Waals surface area contributed by atoms with Crippen LogP contribution in [0.15, 0.2) is 54.9 Å². The molecule has 0 saturated carbocycles. The van der Waals surface area contributed by atoms with Gasteiger partial charge in [0.1, 0.15) is 11.0 Å². The molecule has 0 aliphatic carbocycles. The standard InChI is InChI=1S/C18H12N4/c1-22-10-8-12-15-11(5-4-9-19-15)16-17(18(12)22)21-14-7-3-2-6-13(14)20-16/h2-10H,1H3. The summed E-state index contributed by atoms with van der Waals surface area (Å²) in [6.07, 6.45) is 3.88. The van der Waals surface area contributed by atoms with Crippen LogP contribution in [-0.2, 0) is 7.05 Å². The number of fused-ring (bicyclic) bond motifs is 7. The van der Waals surface area contributed by atoms with Gasteiger partial charge < -0.3 is 4.57 Å². The molecule has 0 spiro atoms. The van der Waals surface area contributed by atoms with Crippen LogP contribution in [0.2, 0.25) is 0 Å². The first kappa shape index (κ1) is 11.6. The number of nitrogens with zero attached hydrogens (tertiary/aromatic N) is 4. The smallest absolute Gasteiger partial charge is 0.114 e. The predicted molar refractivity (Wildman–Crippen MR) is 88.8 cm³/mol. The summed E-state index contributed by atoms with van der Waals surface area (Å²) in [5, 5.41) is 2.17. The number of hydrogen-bond acceptors (Lipinski definition) is 3. The molecule has 22 heavy (non-hydrogen) atoms. The quantitative estimate of drug-likeness (QED) is 0.321. The van der Waals surface area contributed by atoms with Crippen molar-refractivity contribution >= 4 is 43.9 Å². The molecule has 0 aliphatic heterocycles. The molecule has 3 aromatic heterocycles. The molecular weight excluding hydrogens is 272 g/mol. The first-order valence-corrected chi connectivity index (χ1v) is 7.21. The van der Waals surface area contributed by atoms with Crippen molar-refractivity contribution in [3.63, 3.8) is 0 Å². The molecule has 5 aromatic rings. The Labute approximate surface area is 126 Å². The molecule has 0 bridgehead atoms. The molecule has 4 nitrogen and oxygen atoms in total. The minimum Gasteiger partial charge on any atom is -0.349 e. The van der Waals surface area contributed by atoms with E-state index in [4.69, 9.17) is 9.97 Å². The summed E-state index contributed by atoms with van der Waals surface area (Å²) in [5.41, 5.74) is 5.74. The van der Waals surface area contributed by atoms with Crippen LogP contribution >= 0.6 is 0 Å². The molecule has 5 rings (SSSR count). The highest BCUT2D eigenvalue weighted by molar-refractivity contribution is 6.21. The Kier molecular flexibility index (Phi) is 2.12. The second-order valence-corrected chi connectivity index (χ2v) is 5.50. The van der Waals surface area contributed by atoms with Crippen molar-refractivity contribution in [3.05, 3.63) is 54.9 Å². The lowest BCUT2D eigenvalue weighted by molar-refractivity contribution is 0.971. The van der Waals surface area contributed by atoms with Crippen molar-refractivity contribution in [2.45, 2.75) is 0 Å². The van der Waals surface area contributed by atoms with Crippen molar-refractivity contribution in [1.29, 1.82) is 0 Å². The van der Waals surface area contributed by atoms with Crippen molar-refractivity contribution in [2.75, 3.05) is 0 Å². The van der Waals surface area contributed by atoms with Crippen molar-refractivity contribution in [1.82, 2.24) is 19.5 Å². The van der Waals surface area contributed by atoms with Gasteiger partial charge >= 0.3 is 0 Å². The molecule has 3 heterocycles. The lowest BCUT2D eigenvalue weighted by Gasteiger charge is -2.08. The van der Waals surface area contributed by atoms with E-state index in [9.17, 15) is 0 Å². The Hall–Kier alpha value is -3.01. The summed E-state index contributed by atoms with van der Waals surface area (Å²) in [6, 6.07) is 14.1. The monoisotopic (exact) mass is 284 g/mol. The maximum atomic E-state index is 4.88. The van der Waals surface area contributed by atoms with Crippen LogP contribution in [0, 0.1) is 0 Å². The molecule has 4 heteroatoms. The topological polar surface area (TPSA) is 43.6 Å². The number of benzene rings is 2. The third-order valence-electron chi connectivity index (χ3n) is 4.19. The Balaban J connectivity index is 2.19. The van der Waals surface area contributed by atoms with Crippen LogP contribution in [0.25, 0.3) is 43.9 Å². The number of para-hydroxylation sites is 2. The van der Waals surface area contributed by atoms with Crippen LogP contribution in [0.4, 0.5) is 0 Å². The van der Waals surface area contributed by atoms with Gasteiger partial charge in [0.05, 0.1) is 22.1 Å². The third kappa shape index (κ3) is 1.39. The number of rotatable bonds is 0. The van der Waals surface area contributed by atoms with E-state index in [0.29, 0.717) is 0 Å². The molecular formula is C18H12N4. The number of aryl methyl sites for hydroxylation is 1. The van der Waals surface area contributed by atoms with Gasteiger partial charge in [0.15, 0.2) is 0 Å². The van der Waals surface area contributed by atoms with Crippen molar-refractivity contribution in [3.8, 4) is 0 Å². The number of hydrogen-bond donors (Lipinski definition) is 0. The fourth-order valence-corrected chi connectivity index (χ4v) is 3.18. The van der Waals surface area contributed by atoms with E-state index in [1.165, 1.54) is 0 Å². The summed E-state index contributed by atoms with van der Waals surface area (Å²) in [4.78, 5) is 14.3. The molecule has 0 unspecified atom stereocenters. The van der Waals surface area contributed by atoms with Gasteiger partial charge in [-0.1, -0.05) is 12.1 Å². The van der Waals surface area contributed by atoms with Crippen LogP contribution in [0.3, 0.4) is 0 Å². The average molecular weight is 284 g/mol. The van der Waals surface area contributed by atoms with Crippen molar-refractivity contribution in [2.24, 2.45) is 7.05 Å². The summed E-state index contributed by atoms with van der Waals surface area (Å²) >= 11 is 0. The van der Waals surface area contributed by atoms with E-state index in [1.54, 1.807) is 0 Å². The Morgan fingerprint density at radius 1 is 0.773 bits per heavy atom. The molecule has 0 N–H and O–H groups in total. The summed E-state index contributed by atoms with van der Waals surface area (Å²) in [5.74, 6) is 0. The van der Waals surface area contributed by atoms with Gasteiger partial charge in [-0.15, -0.1) is 0 Å². The Bertz CT molecular complexity index is 1190. The van der Waals surface area contributed by atoms with E-state index in [2.05, 4.69) is 27.9 Å². The van der Waals surface area contributed by atoms with E-state index in [0.717, 1.165) is 43.9 Å². The molecule has 0 atom stereocenters. The largest absolute Gasteiger partial charge is 0.349 e. The van der Waals surface area contributed by atoms with Gasteiger partial charge in [-0.2, -0.15) is 0 Å². The highest BCUT2D eigenvalue weighted by atomic mass is 14.9. The molecule has 0 radical (unpaired) electrons. The molecule has 0 amide bonds. The van der Waals surface area contributed by atoms with Crippen LogP contribution in [-0.4, -0.2) is 19.5 Å². The third-order valence-corrected chi connectivity index (χ3v) is 4.19. The van der Waals surface area contributed by atoms with Gasteiger partial charge in [0.25, 0.3) is 0 Å². The van der Waals surface area contributed by atoms with Gasteiger partial charge in [0, 0.05) is 30.2 Å². The summed E-state index contributed by atoms with van der Waals surface area (Å²) in [7, 11) is 2.04. The van der Waals surface area contributed by atoms with E-state index >= 15 is 0 Å². The second-order valence-electron chi connectivity index (χ2n) is 5.50. The second kappa shape index (κ2) is 4.01. The van der Waals surface area contributed by atoms with Crippen LogP contribution in [0.5, 0.6) is 0 Å². The van der Waals surface area contributed by atoms with Gasteiger partial charge in [-0.3, -0.25) is 4.98 Å². The average Bonchev–Trinajstić information content (AvgIpc) is 2.96. The highest BCUT2D eigenvalue weighted by Crippen LogP contribution is 2.33. The van der Waals surface area contributed by atoms with Gasteiger partial charge in [-0.25, -0.2) is 9.97 Å². The normalized spacial score (nSPS) is 11.9. The molecule has 104 valence electrons. The molecule has 2 aromatic carbocycles. The predicted octanol–water partition coefficient (Wildman–Crippen LogP) is 3.82. The minimum atomic E-state index is 0.911. The molecule has 0 aliphatic rings. The van der Waals surface area contributed by atoms with Gasteiger partial charge in [-0.05, 0) is 30.3 Å². The Morgan fingerprint density at radius 3 is 2.36 bits per heavy atom. The fraction of sp³-hybridized carbons (Fsp3) is 0.0556. The maximum Gasteiger partial charge on any atom is 0.114 e. The molecule has 0 saturated heterocycles. The van der Waals surface area contributed by atoms with Gasteiger partial charge in [0.2, 0.25) is 0 Å². The lowest BCUT2D eigenvalue weighted by Crippen LogP contribution is -1.94. The first-order valence-electron chi connectivity index (χ1n) is 7.21. The summed E-state index contributed by atoms with van der Waals surface area (Å²) in [6.45, 7) is 0.